The lowest BCUT2D eigenvalue weighted by Crippen LogP contribution is -2.37. The van der Waals surface area contributed by atoms with E-state index in [1.165, 1.54) is 0 Å². The molecule has 2 heterocycles. The lowest BCUT2D eigenvalue weighted by molar-refractivity contribution is 0.515. The molecule has 0 aromatic carbocycles. The van der Waals surface area contributed by atoms with E-state index < -0.39 is 0 Å². The fraction of sp³-hybridized carbons (Fsp3) is 0.333. The van der Waals surface area contributed by atoms with Crippen molar-refractivity contribution in [3.63, 3.8) is 0 Å². The molecule has 5 nitrogen and oxygen atoms in total. The first-order chi connectivity index (χ1) is 10.3. The van der Waals surface area contributed by atoms with Crippen molar-refractivity contribution < 1.29 is 0 Å². The standard InChI is InChI=1S/C15H17N5S/c1-16-15(21)20-13-6-2-5-12-11(13)9-18-14(19-12)10-4-3-7-17-8-10/h3-4,7-9,13H,2,5-6H2,1H3,(H2,16,20,21)/t13-/m1/s1. The lowest BCUT2D eigenvalue weighted by Gasteiger charge is -2.26. The van der Waals surface area contributed by atoms with Gasteiger partial charge in [0.05, 0.1) is 6.04 Å². The zero-order chi connectivity index (χ0) is 14.7. The van der Waals surface area contributed by atoms with Gasteiger partial charge in [0.2, 0.25) is 0 Å². The number of nitrogens with zero attached hydrogens (tertiary/aromatic N) is 3. The summed E-state index contributed by atoms with van der Waals surface area (Å²) in [5, 5.41) is 6.92. The minimum atomic E-state index is 0.191. The Morgan fingerprint density at radius 3 is 3.05 bits per heavy atom. The van der Waals surface area contributed by atoms with E-state index in [0.29, 0.717) is 5.11 Å². The molecule has 2 aromatic rings. The molecule has 1 aliphatic rings. The molecule has 1 aliphatic carbocycles. The van der Waals surface area contributed by atoms with Gasteiger partial charge in [0, 0.05) is 42.5 Å². The van der Waals surface area contributed by atoms with Crippen LogP contribution in [0.1, 0.15) is 30.1 Å². The summed E-state index contributed by atoms with van der Waals surface area (Å²) in [6.45, 7) is 0. The van der Waals surface area contributed by atoms with Gasteiger partial charge in [0.1, 0.15) is 0 Å². The first kappa shape index (κ1) is 13.9. The van der Waals surface area contributed by atoms with E-state index in [4.69, 9.17) is 17.2 Å². The van der Waals surface area contributed by atoms with Crippen molar-refractivity contribution in [2.75, 3.05) is 7.05 Å². The van der Waals surface area contributed by atoms with Crippen LogP contribution in [0.4, 0.5) is 0 Å². The number of pyridine rings is 1. The van der Waals surface area contributed by atoms with Gasteiger partial charge >= 0.3 is 0 Å². The zero-order valence-corrected chi connectivity index (χ0v) is 12.7. The average Bonchev–Trinajstić information content (AvgIpc) is 2.55. The predicted molar refractivity (Wildman–Crippen MR) is 85.7 cm³/mol. The third kappa shape index (κ3) is 3.00. The third-order valence-electron chi connectivity index (χ3n) is 3.63. The summed E-state index contributed by atoms with van der Waals surface area (Å²) < 4.78 is 0. The summed E-state index contributed by atoms with van der Waals surface area (Å²) in [5.41, 5.74) is 3.19. The van der Waals surface area contributed by atoms with Crippen LogP contribution >= 0.6 is 12.2 Å². The molecule has 0 amide bonds. The molecule has 2 aromatic heterocycles. The molecular formula is C15H17N5S. The number of thiocarbonyl (C=S) groups is 1. The molecule has 6 heteroatoms. The summed E-state index contributed by atoms with van der Waals surface area (Å²) in [6.07, 6.45) is 8.58. The van der Waals surface area contributed by atoms with Crippen LogP contribution in [0.3, 0.4) is 0 Å². The second-order valence-corrected chi connectivity index (χ2v) is 5.41. The molecule has 0 aliphatic heterocycles. The molecule has 21 heavy (non-hydrogen) atoms. The molecule has 0 unspecified atom stereocenters. The number of hydrogen-bond acceptors (Lipinski definition) is 4. The smallest absolute Gasteiger partial charge is 0.166 e. The second kappa shape index (κ2) is 6.13. The van der Waals surface area contributed by atoms with Gasteiger partial charge in [-0.1, -0.05) is 0 Å². The average molecular weight is 299 g/mol. The summed E-state index contributed by atoms with van der Waals surface area (Å²) in [7, 11) is 1.82. The SMILES string of the molecule is CNC(=S)N[C@@H]1CCCc2nc(-c3cccnc3)ncc21. The summed E-state index contributed by atoms with van der Waals surface area (Å²) in [6, 6.07) is 4.06. The Balaban J connectivity index is 1.90. The van der Waals surface area contributed by atoms with Crippen LogP contribution in [0.5, 0.6) is 0 Å². The van der Waals surface area contributed by atoms with Crippen LogP contribution in [-0.4, -0.2) is 27.1 Å². The Kier molecular flexibility index (Phi) is 4.06. The Morgan fingerprint density at radius 1 is 1.38 bits per heavy atom. The maximum absolute atomic E-state index is 5.20. The first-order valence-corrected chi connectivity index (χ1v) is 7.43. The van der Waals surface area contributed by atoms with Crippen LogP contribution in [0.15, 0.2) is 30.7 Å². The van der Waals surface area contributed by atoms with Crippen molar-refractivity contribution >= 4 is 17.3 Å². The maximum atomic E-state index is 5.20. The molecule has 108 valence electrons. The topological polar surface area (TPSA) is 62.7 Å². The van der Waals surface area contributed by atoms with Gasteiger partial charge in [-0.3, -0.25) is 4.98 Å². The van der Waals surface area contributed by atoms with E-state index >= 15 is 0 Å². The minimum Gasteiger partial charge on any atom is -0.366 e. The molecular weight excluding hydrogens is 282 g/mol. The van der Waals surface area contributed by atoms with Crippen LogP contribution in [0.25, 0.3) is 11.4 Å². The van der Waals surface area contributed by atoms with Crippen molar-refractivity contribution in [2.45, 2.75) is 25.3 Å². The van der Waals surface area contributed by atoms with Gasteiger partial charge in [-0.2, -0.15) is 0 Å². The number of rotatable bonds is 2. The van der Waals surface area contributed by atoms with E-state index in [2.05, 4.69) is 20.6 Å². The van der Waals surface area contributed by atoms with Crippen molar-refractivity contribution in [3.05, 3.63) is 42.0 Å². The quantitative estimate of drug-likeness (QED) is 0.827. The third-order valence-corrected chi connectivity index (χ3v) is 3.96. The van der Waals surface area contributed by atoms with E-state index in [0.717, 1.165) is 41.9 Å². The molecule has 0 saturated carbocycles. The second-order valence-electron chi connectivity index (χ2n) is 5.01. The molecule has 0 saturated heterocycles. The monoisotopic (exact) mass is 299 g/mol. The lowest BCUT2D eigenvalue weighted by atomic mass is 9.92. The van der Waals surface area contributed by atoms with Gasteiger partial charge in [-0.15, -0.1) is 0 Å². The van der Waals surface area contributed by atoms with Crippen molar-refractivity contribution in [3.8, 4) is 11.4 Å². The highest BCUT2D eigenvalue weighted by molar-refractivity contribution is 7.80. The largest absolute Gasteiger partial charge is 0.366 e. The van der Waals surface area contributed by atoms with E-state index in [1.54, 1.807) is 12.4 Å². The Morgan fingerprint density at radius 2 is 2.29 bits per heavy atom. The number of aryl methyl sites for hydroxylation is 1. The molecule has 3 rings (SSSR count). The van der Waals surface area contributed by atoms with Gasteiger partial charge in [0.15, 0.2) is 10.9 Å². The molecule has 1 atom stereocenters. The summed E-state index contributed by atoms with van der Waals surface area (Å²) in [5.74, 6) is 0.735. The van der Waals surface area contributed by atoms with Crippen molar-refractivity contribution in [2.24, 2.45) is 0 Å². The number of nitrogens with one attached hydrogen (secondary N) is 2. The first-order valence-electron chi connectivity index (χ1n) is 7.02. The Hall–Kier alpha value is -2.08. The van der Waals surface area contributed by atoms with E-state index in [1.807, 2.05) is 25.4 Å². The Bertz CT molecular complexity index is 644. The number of hydrogen-bond donors (Lipinski definition) is 2. The predicted octanol–water partition coefficient (Wildman–Crippen LogP) is 2.01. The highest BCUT2D eigenvalue weighted by Gasteiger charge is 2.22. The fourth-order valence-electron chi connectivity index (χ4n) is 2.56. The maximum Gasteiger partial charge on any atom is 0.166 e. The number of aromatic nitrogens is 3. The minimum absolute atomic E-state index is 0.191. The van der Waals surface area contributed by atoms with Crippen LogP contribution in [0, 0.1) is 0 Å². The zero-order valence-electron chi connectivity index (χ0n) is 11.8. The number of fused-ring (bicyclic) bond motifs is 1. The molecule has 0 spiro atoms. The van der Waals surface area contributed by atoms with Crippen LogP contribution < -0.4 is 10.6 Å². The van der Waals surface area contributed by atoms with Gasteiger partial charge in [-0.25, -0.2) is 9.97 Å². The normalized spacial score (nSPS) is 16.9. The van der Waals surface area contributed by atoms with E-state index in [-0.39, 0.29) is 6.04 Å². The molecule has 0 fully saturated rings. The van der Waals surface area contributed by atoms with Crippen molar-refractivity contribution in [1.82, 2.24) is 25.6 Å². The van der Waals surface area contributed by atoms with E-state index in [9.17, 15) is 0 Å². The van der Waals surface area contributed by atoms with Crippen molar-refractivity contribution in [1.29, 1.82) is 0 Å². The highest BCUT2D eigenvalue weighted by atomic mass is 32.1. The van der Waals surface area contributed by atoms with Gasteiger partial charge < -0.3 is 10.6 Å². The molecule has 0 bridgehead atoms. The highest BCUT2D eigenvalue weighted by Crippen LogP contribution is 2.29. The molecule has 0 radical (unpaired) electrons. The summed E-state index contributed by atoms with van der Waals surface area (Å²) >= 11 is 5.20. The van der Waals surface area contributed by atoms with Gasteiger partial charge in [0.25, 0.3) is 0 Å². The fourth-order valence-corrected chi connectivity index (χ4v) is 2.70. The summed E-state index contributed by atoms with van der Waals surface area (Å²) in [4.78, 5) is 13.3. The van der Waals surface area contributed by atoms with Crippen LogP contribution in [0.2, 0.25) is 0 Å². The molecule has 2 N–H and O–H groups in total. The Labute approximate surface area is 129 Å². The van der Waals surface area contributed by atoms with Crippen LogP contribution in [-0.2, 0) is 6.42 Å². The van der Waals surface area contributed by atoms with Gasteiger partial charge in [-0.05, 0) is 43.6 Å².